The second-order valence-electron chi connectivity index (χ2n) is 4.52. The summed E-state index contributed by atoms with van der Waals surface area (Å²) in [5, 5.41) is 2.94. The fraction of sp³-hybridized carbons (Fsp3) is 0.214. The number of para-hydroxylation sites is 2. The van der Waals surface area contributed by atoms with Crippen LogP contribution in [0.25, 0.3) is 0 Å². The van der Waals surface area contributed by atoms with Crippen LogP contribution in [0.15, 0.2) is 41.0 Å². The molecule has 1 aromatic carbocycles. The number of amides is 1. The molecule has 0 atom stereocenters. The Balaban J connectivity index is 2.27. The zero-order chi connectivity index (χ0) is 14.0. The molecule has 0 saturated heterocycles. The normalized spacial score (nSPS) is 10.3. The molecule has 1 aromatic heterocycles. The fourth-order valence-electron chi connectivity index (χ4n) is 1.91. The number of hydrogen-bond donors (Lipinski definition) is 1. The number of benzene rings is 1. The Bertz CT molecular complexity index is 604. The van der Waals surface area contributed by atoms with E-state index in [9.17, 15) is 4.79 Å². The maximum Gasteiger partial charge on any atom is 0.272 e. The number of nitrogens with one attached hydrogen (secondary N) is 1. The molecule has 0 aliphatic heterocycles. The average Bonchev–Trinajstić information content (AvgIpc) is 2.69. The van der Waals surface area contributed by atoms with E-state index >= 15 is 0 Å². The third kappa shape index (κ3) is 2.98. The summed E-state index contributed by atoms with van der Waals surface area (Å²) in [5.41, 5.74) is 2.39. The molecule has 0 saturated carbocycles. The average molecular weight is 322 g/mol. The lowest BCUT2D eigenvalue weighted by Crippen LogP contribution is -2.18. The highest BCUT2D eigenvalue weighted by atomic mass is 79.9. The molecule has 0 radical (unpaired) electrons. The molecule has 19 heavy (non-hydrogen) atoms. The SMILES string of the molecule is CN(C)c1ccccc1NC(=O)c1cc(Br)cn1C. The van der Waals surface area contributed by atoms with Crippen LogP contribution in [0.4, 0.5) is 11.4 Å². The first-order valence-electron chi connectivity index (χ1n) is 5.88. The van der Waals surface area contributed by atoms with E-state index in [1.807, 2.05) is 56.5 Å². The van der Waals surface area contributed by atoms with E-state index in [-0.39, 0.29) is 5.91 Å². The molecule has 1 N–H and O–H groups in total. The lowest BCUT2D eigenvalue weighted by molar-refractivity contribution is 0.101. The van der Waals surface area contributed by atoms with E-state index in [2.05, 4.69) is 21.2 Å². The Morgan fingerprint density at radius 3 is 2.58 bits per heavy atom. The van der Waals surface area contributed by atoms with E-state index in [4.69, 9.17) is 0 Å². The summed E-state index contributed by atoms with van der Waals surface area (Å²) in [6, 6.07) is 9.52. The van der Waals surface area contributed by atoms with Crippen molar-refractivity contribution in [2.75, 3.05) is 24.3 Å². The maximum absolute atomic E-state index is 12.3. The summed E-state index contributed by atoms with van der Waals surface area (Å²) in [4.78, 5) is 14.2. The monoisotopic (exact) mass is 321 g/mol. The molecule has 0 fully saturated rings. The molecule has 2 aromatic rings. The van der Waals surface area contributed by atoms with E-state index in [0.717, 1.165) is 15.8 Å². The van der Waals surface area contributed by atoms with Crippen LogP contribution in [0.5, 0.6) is 0 Å². The van der Waals surface area contributed by atoms with Crippen molar-refractivity contribution in [1.82, 2.24) is 4.57 Å². The van der Waals surface area contributed by atoms with Crippen molar-refractivity contribution >= 4 is 33.2 Å². The number of hydrogen-bond acceptors (Lipinski definition) is 2. The second kappa shape index (κ2) is 5.48. The van der Waals surface area contributed by atoms with Crippen LogP contribution < -0.4 is 10.2 Å². The predicted molar refractivity (Wildman–Crippen MR) is 81.8 cm³/mol. The van der Waals surface area contributed by atoms with Crippen molar-refractivity contribution in [2.45, 2.75) is 0 Å². The Morgan fingerprint density at radius 1 is 1.32 bits per heavy atom. The third-order valence-corrected chi connectivity index (χ3v) is 3.27. The number of carbonyl (C=O) groups excluding carboxylic acids is 1. The van der Waals surface area contributed by atoms with Crippen LogP contribution in [0, 0.1) is 0 Å². The minimum Gasteiger partial charge on any atom is -0.376 e. The lowest BCUT2D eigenvalue weighted by atomic mass is 10.2. The zero-order valence-corrected chi connectivity index (χ0v) is 12.7. The quantitative estimate of drug-likeness (QED) is 0.943. The van der Waals surface area contributed by atoms with Gasteiger partial charge >= 0.3 is 0 Å². The molecule has 100 valence electrons. The molecule has 2 rings (SSSR count). The molecule has 0 aliphatic carbocycles. The molecule has 5 heteroatoms. The van der Waals surface area contributed by atoms with Crippen LogP contribution in [-0.2, 0) is 7.05 Å². The Kier molecular flexibility index (Phi) is 3.95. The molecule has 4 nitrogen and oxygen atoms in total. The first-order chi connectivity index (χ1) is 8.99. The van der Waals surface area contributed by atoms with E-state index in [1.165, 1.54) is 0 Å². The number of carbonyl (C=O) groups is 1. The van der Waals surface area contributed by atoms with Gasteiger partial charge in [0, 0.05) is 31.8 Å². The number of halogens is 1. The highest BCUT2D eigenvalue weighted by Gasteiger charge is 2.13. The van der Waals surface area contributed by atoms with Gasteiger partial charge in [0.15, 0.2) is 0 Å². The maximum atomic E-state index is 12.3. The first-order valence-corrected chi connectivity index (χ1v) is 6.68. The first kappa shape index (κ1) is 13.7. The minimum atomic E-state index is -0.123. The number of rotatable bonds is 3. The zero-order valence-electron chi connectivity index (χ0n) is 11.1. The van der Waals surface area contributed by atoms with Crippen molar-refractivity contribution in [3.63, 3.8) is 0 Å². The van der Waals surface area contributed by atoms with Crippen molar-refractivity contribution < 1.29 is 4.79 Å². The van der Waals surface area contributed by atoms with Gasteiger partial charge in [0.2, 0.25) is 0 Å². The van der Waals surface area contributed by atoms with Crippen LogP contribution in [0.3, 0.4) is 0 Å². The van der Waals surface area contributed by atoms with Gasteiger partial charge in [-0.05, 0) is 34.1 Å². The molecule has 0 bridgehead atoms. The molecule has 0 spiro atoms. The molecular formula is C14H16BrN3O. The molecule has 0 unspecified atom stereocenters. The molecular weight excluding hydrogens is 306 g/mol. The Hall–Kier alpha value is -1.75. The van der Waals surface area contributed by atoms with Crippen molar-refractivity contribution in [2.24, 2.45) is 7.05 Å². The van der Waals surface area contributed by atoms with Gasteiger partial charge in [0.25, 0.3) is 5.91 Å². The van der Waals surface area contributed by atoms with Gasteiger partial charge in [-0.1, -0.05) is 12.1 Å². The van der Waals surface area contributed by atoms with Crippen molar-refractivity contribution in [1.29, 1.82) is 0 Å². The molecule has 0 aliphatic rings. The topological polar surface area (TPSA) is 37.3 Å². The number of nitrogens with zero attached hydrogens (tertiary/aromatic N) is 2. The van der Waals surface area contributed by atoms with Crippen molar-refractivity contribution in [3.8, 4) is 0 Å². The van der Waals surface area contributed by atoms with Gasteiger partial charge in [-0.3, -0.25) is 4.79 Å². The standard InChI is InChI=1S/C14H16BrN3O/c1-17(2)12-7-5-4-6-11(12)16-14(19)13-8-10(15)9-18(13)3/h4-9H,1-3H3,(H,16,19). The Labute approximate surface area is 121 Å². The summed E-state index contributed by atoms with van der Waals surface area (Å²) in [6.07, 6.45) is 1.85. The van der Waals surface area contributed by atoms with Gasteiger partial charge in [0.05, 0.1) is 11.4 Å². The van der Waals surface area contributed by atoms with E-state index < -0.39 is 0 Å². The summed E-state index contributed by atoms with van der Waals surface area (Å²) < 4.78 is 2.68. The Morgan fingerprint density at radius 2 is 2.00 bits per heavy atom. The number of anilines is 2. The predicted octanol–water partition coefficient (Wildman–Crippen LogP) is 3.11. The summed E-state index contributed by atoms with van der Waals surface area (Å²) >= 11 is 3.37. The summed E-state index contributed by atoms with van der Waals surface area (Å²) in [6.45, 7) is 0. The highest BCUT2D eigenvalue weighted by molar-refractivity contribution is 9.10. The van der Waals surface area contributed by atoms with Gasteiger partial charge < -0.3 is 14.8 Å². The van der Waals surface area contributed by atoms with Crippen LogP contribution in [-0.4, -0.2) is 24.6 Å². The van der Waals surface area contributed by atoms with Crippen LogP contribution >= 0.6 is 15.9 Å². The van der Waals surface area contributed by atoms with E-state index in [1.54, 1.807) is 10.6 Å². The van der Waals surface area contributed by atoms with Crippen LogP contribution in [0.1, 0.15) is 10.5 Å². The molecule has 1 amide bonds. The molecule has 1 heterocycles. The minimum absolute atomic E-state index is 0.123. The lowest BCUT2D eigenvalue weighted by Gasteiger charge is -2.17. The second-order valence-corrected chi connectivity index (χ2v) is 5.44. The smallest absolute Gasteiger partial charge is 0.272 e. The van der Waals surface area contributed by atoms with Gasteiger partial charge in [0.1, 0.15) is 5.69 Å². The number of aromatic nitrogens is 1. The van der Waals surface area contributed by atoms with Gasteiger partial charge in [-0.2, -0.15) is 0 Å². The summed E-state index contributed by atoms with van der Waals surface area (Å²) in [5.74, 6) is -0.123. The number of aryl methyl sites for hydroxylation is 1. The summed E-state index contributed by atoms with van der Waals surface area (Å²) in [7, 11) is 5.74. The van der Waals surface area contributed by atoms with Crippen molar-refractivity contribution in [3.05, 3.63) is 46.7 Å². The highest BCUT2D eigenvalue weighted by Crippen LogP contribution is 2.24. The van der Waals surface area contributed by atoms with Gasteiger partial charge in [-0.15, -0.1) is 0 Å². The third-order valence-electron chi connectivity index (χ3n) is 2.84. The van der Waals surface area contributed by atoms with Gasteiger partial charge in [-0.25, -0.2) is 0 Å². The fourth-order valence-corrected chi connectivity index (χ4v) is 2.43. The van der Waals surface area contributed by atoms with E-state index in [0.29, 0.717) is 5.69 Å². The largest absolute Gasteiger partial charge is 0.376 e. The van der Waals surface area contributed by atoms with Crippen LogP contribution in [0.2, 0.25) is 0 Å².